The number of hydrogen-bond donors (Lipinski definition) is 0. The van der Waals surface area contributed by atoms with Gasteiger partial charge in [-0.25, -0.2) is 0 Å². The molecule has 0 bridgehead atoms. The molecule has 1 aromatic heterocycles. The van der Waals surface area contributed by atoms with Gasteiger partial charge in [-0.1, -0.05) is 11.8 Å². The van der Waals surface area contributed by atoms with Gasteiger partial charge in [0.15, 0.2) is 6.61 Å². The highest BCUT2D eigenvalue weighted by Crippen LogP contribution is 2.26. The number of rotatable bonds is 4. The molecule has 3 heterocycles. The van der Waals surface area contributed by atoms with E-state index in [2.05, 4.69) is 4.98 Å². The summed E-state index contributed by atoms with van der Waals surface area (Å²) in [6, 6.07) is 3.25. The van der Waals surface area contributed by atoms with Gasteiger partial charge in [0.2, 0.25) is 5.91 Å². The number of carbonyl (C=O) groups excluding carboxylic acids is 3. The molecule has 2 saturated heterocycles. The molecule has 116 valence electrons. The molecule has 0 radical (unpaired) electrons. The summed E-state index contributed by atoms with van der Waals surface area (Å²) in [6.07, 6.45) is 3.79. The molecule has 0 saturated carbocycles. The van der Waals surface area contributed by atoms with Crippen LogP contribution in [0.5, 0.6) is 5.75 Å². The highest BCUT2D eigenvalue weighted by Gasteiger charge is 2.40. The molecule has 2 aliphatic rings. The van der Waals surface area contributed by atoms with Gasteiger partial charge in [-0.3, -0.25) is 24.3 Å². The summed E-state index contributed by atoms with van der Waals surface area (Å²) in [6.45, 7) is 0.837. The van der Waals surface area contributed by atoms with Gasteiger partial charge in [0, 0.05) is 19.3 Å². The van der Waals surface area contributed by atoms with Crippen molar-refractivity contribution < 1.29 is 19.1 Å². The summed E-state index contributed by atoms with van der Waals surface area (Å²) in [5.74, 6) is 0.417. The Balaban J connectivity index is 1.53. The van der Waals surface area contributed by atoms with Crippen LogP contribution in [-0.2, 0) is 9.59 Å². The molecule has 1 unspecified atom stereocenters. The molecular weight excluding hydrogens is 306 g/mol. The fourth-order valence-corrected chi connectivity index (χ4v) is 3.34. The van der Waals surface area contributed by atoms with Crippen LogP contribution in [0.4, 0.5) is 4.79 Å². The van der Waals surface area contributed by atoms with E-state index >= 15 is 0 Å². The Morgan fingerprint density at radius 1 is 1.45 bits per heavy atom. The van der Waals surface area contributed by atoms with Gasteiger partial charge >= 0.3 is 0 Å². The van der Waals surface area contributed by atoms with Crippen LogP contribution in [0.3, 0.4) is 0 Å². The monoisotopic (exact) mass is 321 g/mol. The standard InChI is InChI=1S/C14H15N3O4S/c18-12(8-21-11-2-1-4-15-6-11)16-5-3-10(7-16)17-13(19)9-22-14(17)20/h1-2,4,6,10H,3,5,7-9H2. The Kier molecular flexibility index (Phi) is 4.28. The minimum absolute atomic E-state index is 0.0743. The number of ether oxygens (including phenoxy) is 1. The van der Waals surface area contributed by atoms with Crippen molar-refractivity contribution in [2.24, 2.45) is 0 Å². The number of likely N-dealkylation sites (tertiary alicyclic amines) is 1. The fourth-order valence-electron chi connectivity index (χ4n) is 2.57. The number of carbonyl (C=O) groups is 3. The van der Waals surface area contributed by atoms with E-state index in [0.717, 1.165) is 11.8 Å². The molecule has 0 aliphatic carbocycles. The quantitative estimate of drug-likeness (QED) is 0.814. The van der Waals surface area contributed by atoms with Crippen molar-refractivity contribution in [3.63, 3.8) is 0 Å². The van der Waals surface area contributed by atoms with Crippen molar-refractivity contribution in [3.05, 3.63) is 24.5 Å². The third-order valence-electron chi connectivity index (χ3n) is 3.66. The van der Waals surface area contributed by atoms with Crippen molar-refractivity contribution in [2.75, 3.05) is 25.4 Å². The largest absolute Gasteiger partial charge is 0.482 e. The van der Waals surface area contributed by atoms with E-state index in [-0.39, 0.29) is 35.5 Å². The molecule has 1 atom stereocenters. The Hall–Kier alpha value is -2.09. The van der Waals surface area contributed by atoms with E-state index in [9.17, 15) is 14.4 Å². The van der Waals surface area contributed by atoms with E-state index in [1.165, 1.54) is 4.90 Å². The first kappa shape index (κ1) is 14.8. The van der Waals surface area contributed by atoms with E-state index in [1.807, 2.05) is 0 Å². The first-order valence-electron chi connectivity index (χ1n) is 6.94. The number of nitrogens with zero attached hydrogens (tertiary/aromatic N) is 3. The van der Waals surface area contributed by atoms with Crippen LogP contribution in [-0.4, -0.2) is 63.3 Å². The molecule has 3 rings (SSSR count). The molecule has 0 spiro atoms. The Bertz CT molecular complexity index is 579. The van der Waals surface area contributed by atoms with Crippen LogP contribution >= 0.6 is 11.8 Å². The van der Waals surface area contributed by atoms with Crippen LogP contribution < -0.4 is 4.74 Å². The SMILES string of the molecule is O=C(COc1cccnc1)N1CCC(N2C(=O)CSC2=O)C1. The lowest BCUT2D eigenvalue weighted by molar-refractivity contribution is -0.133. The zero-order valence-corrected chi connectivity index (χ0v) is 12.6. The Labute approximate surface area is 131 Å². The van der Waals surface area contributed by atoms with Gasteiger partial charge in [-0.2, -0.15) is 0 Å². The number of amides is 3. The topological polar surface area (TPSA) is 79.8 Å². The lowest BCUT2D eigenvalue weighted by atomic mass is 10.2. The molecule has 3 amide bonds. The summed E-state index contributed by atoms with van der Waals surface area (Å²) in [5.41, 5.74) is 0. The first-order valence-corrected chi connectivity index (χ1v) is 7.93. The summed E-state index contributed by atoms with van der Waals surface area (Å²) >= 11 is 1.02. The fraction of sp³-hybridized carbons (Fsp3) is 0.429. The van der Waals surface area contributed by atoms with E-state index < -0.39 is 0 Å². The predicted octanol–water partition coefficient (Wildman–Crippen LogP) is 0.757. The average molecular weight is 321 g/mol. The van der Waals surface area contributed by atoms with Crippen molar-refractivity contribution in [2.45, 2.75) is 12.5 Å². The van der Waals surface area contributed by atoms with Crippen LogP contribution in [0.2, 0.25) is 0 Å². The van der Waals surface area contributed by atoms with E-state index in [0.29, 0.717) is 25.3 Å². The molecule has 22 heavy (non-hydrogen) atoms. The molecule has 0 aromatic carbocycles. The van der Waals surface area contributed by atoms with Gasteiger partial charge in [-0.15, -0.1) is 0 Å². The highest BCUT2D eigenvalue weighted by molar-refractivity contribution is 8.14. The van der Waals surface area contributed by atoms with Gasteiger partial charge in [-0.05, 0) is 18.6 Å². The summed E-state index contributed by atoms with van der Waals surface area (Å²) in [7, 11) is 0. The molecule has 2 aliphatic heterocycles. The summed E-state index contributed by atoms with van der Waals surface area (Å²) in [5, 5.41) is -0.212. The molecule has 7 nitrogen and oxygen atoms in total. The summed E-state index contributed by atoms with van der Waals surface area (Å²) in [4.78, 5) is 42.4. The molecule has 2 fully saturated rings. The van der Waals surface area contributed by atoms with Crippen molar-refractivity contribution in [3.8, 4) is 5.75 Å². The third-order valence-corrected chi connectivity index (χ3v) is 4.50. The zero-order valence-electron chi connectivity index (χ0n) is 11.8. The minimum atomic E-state index is -0.212. The molecule has 1 aromatic rings. The maximum atomic E-state index is 12.1. The lowest BCUT2D eigenvalue weighted by Crippen LogP contribution is -2.42. The number of pyridine rings is 1. The number of imide groups is 1. The Morgan fingerprint density at radius 3 is 3.00 bits per heavy atom. The predicted molar refractivity (Wildman–Crippen MR) is 79.4 cm³/mol. The lowest BCUT2D eigenvalue weighted by Gasteiger charge is -2.21. The van der Waals surface area contributed by atoms with Crippen molar-refractivity contribution >= 4 is 28.8 Å². The van der Waals surface area contributed by atoms with Gasteiger partial charge in [0.05, 0.1) is 18.0 Å². The molecular formula is C14H15N3O4S. The van der Waals surface area contributed by atoms with Crippen molar-refractivity contribution in [1.82, 2.24) is 14.8 Å². The number of aromatic nitrogens is 1. The van der Waals surface area contributed by atoms with Crippen LogP contribution in [0.25, 0.3) is 0 Å². The second kappa shape index (κ2) is 6.35. The number of hydrogen-bond acceptors (Lipinski definition) is 6. The average Bonchev–Trinajstić information content (AvgIpc) is 3.13. The molecule has 0 N–H and O–H groups in total. The van der Waals surface area contributed by atoms with Gasteiger partial charge in [0.1, 0.15) is 5.75 Å². The minimum Gasteiger partial charge on any atom is -0.482 e. The number of thioether (sulfide) groups is 1. The third kappa shape index (κ3) is 3.06. The van der Waals surface area contributed by atoms with Crippen LogP contribution in [0, 0.1) is 0 Å². The smallest absolute Gasteiger partial charge is 0.289 e. The maximum Gasteiger partial charge on any atom is 0.289 e. The van der Waals surface area contributed by atoms with Crippen molar-refractivity contribution in [1.29, 1.82) is 0 Å². The molecule has 8 heteroatoms. The Morgan fingerprint density at radius 2 is 2.32 bits per heavy atom. The highest BCUT2D eigenvalue weighted by atomic mass is 32.2. The summed E-state index contributed by atoms with van der Waals surface area (Å²) < 4.78 is 5.38. The van der Waals surface area contributed by atoms with Crippen LogP contribution in [0.15, 0.2) is 24.5 Å². The van der Waals surface area contributed by atoms with Crippen LogP contribution in [0.1, 0.15) is 6.42 Å². The second-order valence-corrected chi connectivity index (χ2v) is 6.00. The zero-order chi connectivity index (χ0) is 15.5. The van der Waals surface area contributed by atoms with E-state index in [4.69, 9.17) is 4.74 Å². The van der Waals surface area contributed by atoms with Gasteiger partial charge < -0.3 is 9.64 Å². The second-order valence-electron chi connectivity index (χ2n) is 5.08. The van der Waals surface area contributed by atoms with Gasteiger partial charge in [0.25, 0.3) is 11.1 Å². The maximum absolute atomic E-state index is 12.1. The normalized spacial score (nSPS) is 21.5. The first-order chi connectivity index (χ1) is 10.6. The van der Waals surface area contributed by atoms with E-state index in [1.54, 1.807) is 29.4 Å².